The second kappa shape index (κ2) is 9.45. The number of rotatable bonds is 7. The van der Waals surface area contributed by atoms with E-state index in [0.717, 1.165) is 32.8 Å². The second-order valence-electron chi connectivity index (χ2n) is 5.97. The molecule has 0 saturated carbocycles. The van der Waals surface area contributed by atoms with Crippen molar-refractivity contribution in [3.05, 3.63) is 35.3 Å². The van der Waals surface area contributed by atoms with Gasteiger partial charge in [-0.3, -0.25) is 14.5 Å². The van der Waals surface area contributed by atoms with Crippen LogP contribution in [0.5, 0.6) is 5.75 Å². The van der Waals surface area contributed by atoms with Crippen molar-refractivity contribution in [2.45, 2.75) is 6.92 Å². The molecule has 1 saturated heterocycles. The van der Waals surface area contributed by atoms with Crippen LogP contribution in [-0.4, -0.2) is 61.2 Å². The normalized spacial score (nSPS) is 14.6. The van der Waals surface area contributed by atoms with Gasteiger partial charge in [-0.1, -0.05) is 12.1 Å². The number of hydrogen-bond donors (Lipinski definition) is 2. The summed E-state index contributed by atoms with van der Waals surface area (Å²) in [5.74, 6) is 0.0267. The molecule has 1 fully saturated rings. The van der Waals surface area contributed by atoms with Gasteiger partial charge in [0.15, 0.2) is 5.13 Å². The molecule has 0 atom stereocenters. The maximum atomic E-state index is 12.4. The summed E-state index contributed by atoms with van der Waals surface area (Å²) in [5.41, 5.74) is 0.824. The van der Waals surface area contributed by atoms with Crippen LogP contribution in [0, 0.1) is 0 Å². The summed E-state index contributed by atoms with van der Waals surface area (Å²) in [7, 11) is 0. The van der Waals surface area contributed by atoms with Gasteiger partial charge in [0.1, 0.15) is 18.1 Å². The molecule has 144 valence electrons. The number of nitrogens with one attached hydrogen (secondary N) is 2. The molecule has 1 aromatic heterocycles. The molecule has 1 aromatic carbocycles. The zero-order valence-corrected chi connectivity index (χ0v) is 15.9. The van der Waals surface area contributed by atoms with Crippen molar-refractivity contribution in [2.75, 3.05) is 50.1 Å². The number of amides is 2. The first-order valence-electron chi connectivity index (χ1n) is 8.68. The molecular formula is C18H22N4O4S. The number of morpholine rings is 1. The highest BCUT2D eigenvalue weighted by molar-refractivity contribution is 7.14. The Morgan fingerprint density at radius 3 is 2.81 bits per heavy atom. The van der Waals surface area contributed by atoms with E-state index in [9.17, 15) is 9.59 Å². The van der Waals surface area contributed by atoms with E-state index in [0.29, 0.717) is 23.2 Å². The number of hydrogen-bond acceptors (Lipinski definition) is 7. The number of nitrogens with zero attached hydrogens (tertiary/aromatic N) is 2. The van der Waals surface area contributed by atoms with Crippen LogP contribution in [0.3, 0.4) is 0 Å². The molecule has 0 bridgehead atoms. The lowest BCUT2D eigenvalue weighted by molar-refractivity contribution is -0.114. The average molecular weight is 390 g/mol. The van der Waals surface area contributed by atoms with Crippen molar-refractivity contribution in [1.82, 2.24) is 9.88 Å². The molecule has 1 aliphatic heterocycles. The van der Waals surface area contributed by atoms with E-state index in [1.807, 2.05) is 18.2 Å². The number of ether oxygens (including phenoxy) is 2. The van der Waals surface area contributed by atoms with Crippen LogP contribution in [0.15, 0.2) is 29.6 Å². The number of carbonyl (C=O) groups is 2. The molecule has 1 aliphatic rings. The molecule has 0 aliphatic carbocycles. The fraction of sp³-hybridized carbons (Fsp3) is 0.389. The Kier molecular flexibility index (Phi) is 6.74. The molecule has 0 radical (unpaired) electrons. The van der Waals surface area contributed by atoms with E-state index in [4.69, 9.17) is 9.47 Å². The van der Waals surface area contributed by atoms with Crippen LogP contribution in [-0.2, 0) is 9.53 Å². The van der Waals surface area contributed by atoms with Gasteiger partial charge in [-0.2, -0.15) is 0 Å². The first kappa shape index (κ1) is 19.3. The highest BCUT2D eigenvalue weighted by atomic mass is 32.1. The van der Waals surface area contributed by atoms with E-state index in [-0.39, 0.29) is 17.5 Å². The highest BCUT2D eigenvalue weighted by Gasteiger charge is 2.15. The van der Waals surface area contributed by atoms with Crippen molar-refractivity contribution in [2.24, 2.45) is 0 Å². The fourth-order valence-electron chi connectivity index (χ4n) is 2.58. The van der Waals surface area contributed by atoms with Gasteiger partial charge >= 0.3 is 0 Å². The first-order valence-corrected chi connectivity index (χ1v) is 9.56. The molecule has 27 heavy (non-hydrogen) atoms. The van der Waals surface area contributed by atoms with E-state index in [1.165, 1.54) is 18.3 Å². The number of anilines is 2. The Balaban J connectivity index is 1.57. The van der Waals surface area contributed by atoms with Crippen LogP contribution in [0.4, 0.5) is 10.8 Å². The van der Waals surface area contributed by atoms with Crippen molar-refractivity contribution in [1.29, 1.82) is 0 Å². The lowest BCUT2D eigenvalue weighted by Gasteiger charge is -2.26. The molecule has 3 rings (SSSR count). The van der Waals surface area contributed by atoms with Crippen LogP contribution >= 0.6 is 11.3 Å². The van der Waals surface area contributed by atoms with Crippen molar-refractivity contribution < 1.29 is 19.1 Å². The summed E-state index contributed by atoms with van der Waals surface area (Å²) < 4.78 is 11.2. The van der Waals surface area contributed by atoms with E-state index >= 15 is 0 Å². The zero-order chi connectivity index (χ0) is 19.1. The smallest absolute Gasteiger partial charge is 0.275 e. The summed E-state index contributed by atoms with van der Waals surface area (Å²) in [6.07, 6.45) is 0. The lowest BCUT2D eigenvalue weighted by atomic mass is 10.3. The number of benzene rings is 1. The van der Waals surface area contributed by atoms with Crippen LogP contribution in [0.2, 0.25) is 0 Å². The standard InChI is InChI=1S/C18H22N4O4S/c1-13(23)19-18-21-15(12-27-18)17(24)20-14-4-2-3-5-16(14)26-11-8-22-6-9-25-10-7-22/h2-5,12H,6-11H2,1H3,(H,20,24)(H,19,21,23). The summed E-state index contributed by atoms with van der Waals surface area (Å²) >= 11 is 1.20. The van der Waals surface area contributed by atoms with Crippen LogP contribution in [0.1, 0.15) is 17.4 Å². The minimum atomic E-state index is -0.355. The largest absolute Gasteiger partial charge is 0.490 e. The third-order valence-electron chi connectivity index (χ3n) is 3.92. The molecule has 0 spiro atoms. The number of thiazole rings is 1. The molecule has 2 aromatic rings. The Morgan fingerprint density at radius 2 is 2.04 bits per heavy atom. The number of para-hydroxylation sites is 2. The molecular weight excluding hydrogens is 368 g/mol. The summed E-state index contributed by atoms with van der Waals surface area (Å²) in [4.78, 5) is 29.9. The fourth-order valence-corrected chi connectivity index (χ4v) is 3.31. The van der Waals surface area contributed by atoms with Gasteiger partial charge < -0.3 is 20.1 Å². The Bertz CT molecular complexity index is 789. The predicted octanol–water partition coefficient (Wildman–Crippen LogP) is 2.06. The third kappa shape index (κ3) is 5.75. The Morgan fingerprint density at radius 1 is 1.26 bits per heavy atom. The van der Waals surface area contributed by atoms with Crippen molar-refractivity contribution in [3.8, 4) is 5.75 Å². The van der Waals surface area contributed by atoms with E-state index < -0.39 is 0 Å². The second-order valence-corrected chi connectivity index (χ2v) is 6.83. The van der Waals surface area contributed by atoms with Gasteiger partial charge in [0.25, 0.3) is 5.91 Å². The number of aromatic nitrogens is 1. The van der Waals surface area contributed by atoms with Gasteiger partial charge in [-0.15, -0.1) is 11.3 Å². The first-order chi connectivity index (χ1) is 13.1. The minimum absolute atomic E-state index is 0.227. The molecule has 2 N–H and O–H groups in total. The summed E-state index contributed by atoms with van der Waals surface area (Å²) in [6, 6.07) is 7.29. The molecule has 2 heterocycles. The molecule has 2 amide bonds. The van der Waals surface area contributed by atoms with Crippen molar-refractivity contribution >= 4 is 34.0 Å². The van der Waals surface area contributed by atoms with Crippen LogP contribution in [0.25, 0.3) is 0 Å². The van der Waals surface area contributed by atoms with Crippen LogP contribution < -0.4 is 15.4 Å². The van der Waals surface area contributed by atoms with Gasteiger partial charge in [-0.05, 0) is 12.1 Å². The SMILES string of the molecule is CC(=O)Nc1nc(C(=O)Nc2ccccc2OCCN2CCOCC2)cs1. The predicted molar refractivity (Wildman–Crippen MR) is 104 cm³/mol. The summed E-state index contributed by atoms with van der Waals surface area (Å²) in [5, 5.41) is 7.37. The van der Waals surface area contributed by atoms with Gasteiger partial charge in [0.05, 0.1) is 18.9 Å². The highest BCUT2D eigenvalue weighted by Crippen LogP contribution is 2.25. The Labute approximate surface area is 161 Å². The van der Waals surface area contributed by atoms with Crippen molar-refractivity contribution in [3.63, 3.8) is 0 Å². The lowest BCUT2D eigenvalue weighted by Crippen LogP contribution is -2.38. The number of carbonyl (C=O) groups excluding carboxylic acids is 2. The minimum Gasteiger partial charge on any atom is -0.490 e. The van der Waals surface area contributed by atoms with Gasteiger partial charge in [0, 0.05) is 31.9 Å². The maximum Gasteiger partial charge on any atom is 0.275 e. The van der Waals surface area contributed by atoms with Gasteiger partial charge in [0.2, 0.25) is 5.91 Å². The summed E-state index contributed by atoms with van der Waals surface area (Å²) in [6.45, 7) is 6.03. The Hall–Kier alpha value is -2.49. The average Bonchev–Trinajstić information content (AvgIpc) is 3.12. The van der Waals surface area contributed by atoms with E-state index in [1.54, 1.807) is 11.4 Å². The maximum absolute atomic E-state index is 12.4. The topological polar surface area (TPSA) is 92.8 Å². The zero-order valence-electron chi connectivity index (χ0n) is 15.1. The van der Waals surface area contributed by atoms with Gasteiger partial charge in [-0.25, -0.2) is 4.98 Å². The molecule has 9 heteroatoms. The third-order valence-corrected chi connectivity index (χ3v) is 4.68. The molecule has 0 unspecified atom stereocenters. The quantitative estimate of drug-likeness (QED) is 0.752. The monoisotopic (exact) mass is 390 g/mol. The molecule has 8 nitrogen and oxygen atoms in total. The van der Waals surface area contributed by atoms with E-state index in [2.05, 4.69) is 20.5 Å².